The molecule has 0 atom stereocenters. The number of pyridine rings is 1. The SMILES string of the molecule is Cc1cc(-c2ccccn2)ccc1-c1cccc2c1-c1ccccc1C21c2ccccc2-c2ccccc21. The van der Waals surface area contributed by atoms with E-state index in [1.165, 1.54) is 61.2 Å². The first-order valence-corrected chi connectivity index (χ1v) is 13.2. The Morgan fingerprint density at radius 1 is 0.474 bits per heavy atom. The average Bonchev–Trinajstić information content (AvgIpc) is 3.45. The van der Waals surface area contributed by atoms with Crippen LogP contribution in [0.5, 0.6) is 0 Å². The van der Waals surface area contributed by atoms with Crippen molar-refractivity contribution in [2.24, 2.45) is 0 Å². The van der Waals surface area contributed by atoms with Crippen molar-refractivity contribution >= 4 is 0 Å². The molecule has 5 aromatic carbocycles. The number of aromatic nitrogens is 1. The molecule has 1 aromatic heterocycles. The lowest BCUT2D eigenvalue weighted by Gasteiger charge is -2.30. The Bertz CT molecular complexity index is 1830. The molecule has 6 aromatic rings. The molecule has 38 heavy (non-hydrogen) atoms. The van der Waals surface area contributed by atoms with Crippen molar-refractivity contribution in [3.8, 4) is 44.6 Å². The second kappa shape index (κ2) is 7.87. The Kier molecular flexibility index (Phi) is 4.42. The van der Waals surface area contributed by atoms with Gasteiger partial charge in [0.2, 0.25) is 0 Å². The van der Waals surface area contributed by atoms with E-state index in [-0.39, 0.29) is 5.41 Å². The van der Waals surface area contributed by atoms with Gasteiger partial charge in [-0.25, -0.2) is 0 Å². The van der Waals surface area contributed by atoms with Crippen molar-refractivity contribution < 1.29 is 0 Å². The zero-order chi connectivity index (χ0) is 25.3. The maximum Gasteiger partial charge on any atom is 0.0725 e. The first-order chi connectivity index (χ1) is 18.8. The second-order valence-corrected chi connectivity index (χ2v) is 10.4. The summed E-state index contributed by atoms with van der Waals surface area (Å²) in [6.45, 7) is 2.22. The van der Waals surface area contributed by atoms with Gasteiger partial charge in [-0.15, -0.1) is 0 Å². The molecule has 0 saturated carbocycles. The summed E-state index contributed by atoms with van der Waals surface area (Å²) in [6, 6.07) is 46.7. The fourth-order valence-corrected chi connectivity index (χ4v) is 7.03. The Morgan fingerprint density at radius 3 is 1.71 bits per heavy atom. The fourth-order valence-electron chi connectivity index (χ4n) is 7.03. The van der Waals surface area contributed by atoms with Gasteiger partial charge in [-0.1, -0.05) is 109 Å². The molecule has 0 aliphatic heterocycles. The van der Waals surface area contributed by atoms with E-state index in [9.17, 15) is 0 Å². The van der Waals surface area contributed by atoms with E-state index >= 15 is 0 Å². The molecule has 0 radical (unpaired) electrons. The summed E-state index contributed by atoms with van der Waals surface area (Å²) in [4.78, 5) is 4.57. The number of hydrogen-bond donors (Lipinski definition) is 0. The third kappa shape index (κ3) is 2.68. The predicted molar refractivity (Wildman–Crippen MR) is 156 cm³/mol. The van der Waals surface area contributed by atoms with Crippen LogP contribution in [0.4, 0.5) is 0 Å². The van der Waals surface area contributed by atoms with E-state index < -0.39 is 0 Å². The molecule has 0 bridgehead atoms. The van der Waals surface area contributed by atoms with Crippen LogP contribution in [0.25, 0.3) is 44.6 Å². The summed E-state index contributed by atoms with van der Waals surface area (Å²) in [5.74, 6) is 0. The highest BCUT2D eigenvalue weighted by atomic mass is 14.7. The topological polar surface area (TPSA) is 12.9 Å². The zero-order valence-corrected chi connectivity index (χ0v) is 21.1. The molecule has 0 N–H and O–H groups in total. The van der Waals surface area contributed by atoms with Crippen molar-refractivity contribution in [2.75, 3.05) is 0 Å². The van der Waals surface area contributed by atoms with Crippen LogP contribution in [0.3, 0.4) is 0 Å². The minimum atomic E-state index is -0.309. The fraction of sp³-hybridized carbons (Fsp3) is 0.0541. The Hall–Kier alpha value is -4.75. The van der Waals surface area contributed by atoms with Gasteiger partial charge in [-0.2, -0.15) is 0 Å². The third-order valence-corrected chi connectivity index (χ3v) is 8.50. The van der Waals surface area contributed by atoms with Gasteiger partial charge in [-0.05, 0) is 86.3 Å². The number of hydrogen-bond acceptors (Lipinski definition) is 1. The van der Waals surface area contributed by atoms with Crippen LogP contribution in [0.2, 0.25) is 0 Å². The molecule has 2 aliphatic carbocycles. The van der Waals surface area contributed by atoms with Crippen LogP contribution in [-0.2, 0) is 5.41 Å². The van der Waals surface area contributed by atoms with Crippen molar-refractivity contribution in [2.45, 2.75) is 12.3 Å². The first-order valence-electron chi connectivity index (χ1n) is 13.2. The van der Waals surface area contributed by atoms with E-state index in [0.29, 0.717) is 0 Å². The highest BCUT2D eigenvalue weighted by Crippen LogP contribution is 2.63. The van der Waals surface area contributed by atoms with Crippen LogP contribution in [0.15, 0.2) is 134 Å². The maximum absolute atomic E-state index is 4.57. The summed E-state index contributed by atoms with van der Waals surface area (Å²) in [5, 5.41) is 0. The Morgan fingerprint density at radius 2 is 1.05 bits per heavy atom. The highest BCUT2D eigenvalue weighted by molar-refractivity contribution is 6.00. The lowest BCUT2D eigenvalue weighted by atomic mass is 9.70. The average molecular weight is 484 g/mol. The molecule has 0 saturated heterocycles. The molecule has 178 valence electrons. The quantitative estimate of drug-likeness (QED) is 0.239. The lowest BCUT2D eigenvalue weighted by Crippen LogP contribution is -2.25. The van der Waals surface area contributed by atoms with Gasteiger partial charge in [0.15, 0.2) is 0 Å². The van der Waals surface area contributed by atoms with Gasteiger partial charge < -0.3 is 0 Å². The smallest absolute Gasteiger partial charge is 0.0725 e. The molecule has 0 amide bonds. The normalized spacial score (nSPS) is 13.6. The number of benzene rings is 5. The molecule has 1 nitrogen and oxygen atoms in total. The first kappa shape index (κ1) is 21.3. The Balaban J connectivity index is 1.43. The summed E-state index contributed by atoms with van der Waals surface area (Å²) >= 11 is 0. The number of rotatable bonds is 2. The van der Waals surface area contributed by atoms with Crippen molar-refractivity contribution in [1.82, 2.24) is 4.98 Å². The highest BCUT2D eigenvalue weighted by Gasteiger charge is 2.51. The van der Waals surface area contributed by atoms with E-state index in [4.69, 9.17) is 0 Å². The predicted octanol–water partition coefficient (Wildman–Crippen LogP) is 9.07. The zero-order valence-electron chi connectivity index (χ0n) is 21.1. The maximum atomic E-state index is 4.57. The summed E-state index contributed by atoms with van der Waals surface area (Å²) < 4.78 is 0. The van der Waals surface area contributed by atoms with Gasteiger partial charge in [0, 0.05) is 11.8 Å². The molecule has 8 rings (SSSR count). The van der Waals surface area contributed by atoms with Crippen LogP contribution in [0, 0.1) is 6.92 Å². The molecule has 1 heterocycles. The Labute approximate surface area is 223 Å². The van der Waals surface area contributed by atoms with E-state index in [2.05, 4.69) is 127 Å². The number of aryl methyl sites for hydroxylation is 1. The van der Waals surface area contributed by atoms with E-state index in [1.54, 1.807) is 0 Å². The number of fused-ring (bicyclic) bond motifs is 10. The van der Waals surface area contributed by atoms with Crippen LogP contribution >= 0.6 is 0 Å². The van der Waals surface area contributed by atoms with Gasteiger partial charge in [0.25, 0.3) is 0 Å². The largest absolute Gasteiger partial charge is 0.256 e. The van der Waals surface area contributed by atoms with Gasteiger partial charge in [0.05, 0.1) is 11.1 Å². The molecular weight excluding hydrogens is 458 g/mol. The lowest BCUT2D eigenvalue weighted by molar-refractivity contribution is 0.794. The summed E-state index contributed by atoms with van der Waals surface area (Å²) in [5.41, 5.74) is 16.5. The monoisotopic (exact) mass is 483 g/mol. The van der Waals surface area contributed by atoms with Gasteiger partial charge >= 0.3 is 0 Å². The van der Waals surface area contributed by atoms with Crippen LogP contribution < -0.4 is 0 Å². The van der Waals surface area contributed by atoms with Crippen LogP contribution in [0.1, 0.15) is 27.8 Å². The standard InChI is InChI=1S/C37H25N/c1-24-23-25(35-19-8-9-22-38-35)20-21-26(24)29-14-10-18-34-36(29)30-13-4-7-17-33(30)37(34)31-15-5-2-11-27(31)28-12-3-6-16-32(28)37/h2-23H,1H3. The van der Waals surface area contributed by atoms with Crippen molar-refractivity contribution in [3.05, 3.63) is 161 Å². The number of nitrogens with zero attached hydrogens (tertiary/aromatic N) is 1. The minimum absolute atomic E-state index is 0.309. The molecule has 1 spiro atoms. The summed E-state index contributed by atoms with van der Waals surface area (Å²) in [7, 11) is 0. The van der Waals surface area contributed by atoms with Gasteiger partial charge in [0.1, 0.15) is 0 Å². The van der Waals surface area contributed by atoms with Crippen LogP contribution in [-0.4, -0.2) is 4.98 Å². The minimum Gasteiger partial charge on any atom is -0.256 e. The molecule has 0 fully saturated rings. The van der Waals surface area contributed by atoms with E-state index in [0.717, 1.165) is 11.3 Å². The molecule has 0 unspecified atom stereocenters. The second-order valence-electron chi connectivity index (χ2n) is 10.4. The molecular formula is C37H25N. The van der Waals surface area contributed by atoms with E-state index in [1.807, 2.05) is 18.3 Å². The van der Waals surface area contributed by atoms with Crippen molar-refractivity contribution in [1.29, 1.82) is 0 Å². The molecule has 2 aliphatic rings. The van der Waals surface area contributed by atoms with Crippen molar-refractivity contribution in [3.63, 3.8) is 0 Å². The van der Waals surface area contributed by atoms with Gasteiger partial charge in [-0.3, -0.25) is 4.98 Å². The molecule has 1 heteroatoms. The third-order valence-electron chi connectivity index (χ3n) is 8.50. The summed E-state index contributed by atoms with van der Waals surface area (Å²) in [6.07, 6.45) is 1.86.